The summed E-state index contributed by atoms with van der Waals surface area (Å²) in [6, 6.07) is 7.57. The topological polar surface area (TPSA) is 46.3 Å². The van der Waals surface area contributed by atoms with Crippen LogP contribution in [-0.4, -0.2) is 22.9 Å². The molecule has 0 unspecified atom stereocenters. The van der Waals surface area contributed by atoms with E-state index in [2.05, 4.69) is 0 Å². The van der Waals surface area contributed by atoms with Crippen LogP contribution in [0.5, 0.6) is 0 Å². The van der Waals surface area contributed by atoms with Crippen molar-refractivity contribution in [2.75, 3.05) is 0 Å². The molecule has 3 nitrogen and oxygen atoms in total. The van der Waals surface area contributed by atoms with Crippen LogP contribution < -0.4 is 5.73 Å². The van der Waals surface area contributed by atoms with Crippen LogP contribution in [-0.2, 0) is 4.79 Å². The zero-order chi connectivity index (χ0) is 12.6. The lowest BCUT2D eigenvalue weighted by Gasteiger charge is -2.30. The monoisotopic (exact) mass is 252 g/mol. The minimum absolute atomic E-state index is 0.0280. The summed E-state index contributed by atoms with van der Waals surface area (Å²) in [5.41, 5.74) is 7.13. The van der Waals surface area contributed by atoms with Crippen LogP contribution in [0.3, 0.4) is 0 Å². The molecule has 1 aromatic rings. The fourth-order valence-corrected chi connectivity index (χ4v) is 2.58. The number of likely N-dealkylation sites (tertiary alicyclic amines) is 1. The molecule has 1 aromatic carbocycles. The van der Waals surface area contributed by atoms with Gasteiger partial charge < -0.3 is 10.6 Å². The Morgan fingerprint density at radius 3 is 2.47 bits per heavy atom. The molecule has 1 aliphatic rings. The maximum Gasteiger partial charge on any atom is 0.225 e. The largest absolute Gasteiger partial charge is 0.332 e. The lowest BCUT2D eigenvalue weighted by molar-refractivity contribution is -0.130. The van der Waals surface area contributed by atoms with Crippen molar-refractivity contribution in [3.63, 3.8) is 0 Å². The van der Waals surface area contributed by atoms with Gasteiger partial charge in [-0.15, -0.1) is 0 Å². The Bertz CT molecular complexity index is 416. The zero-order valence-corrected chi connectivity index (χ0v) is 10.8. The van der Waals surface area contributed by atoms with Gasteiger partial charge in [0.15, 0.2) is 0 Å². The third kappa shape index (κ3) is 2.31. The van der Waals surface area contributed by atoms with E-state index in [9.17, 15) is 4.79 Å². The van der Waals surface area contributed by atoms with Crippen LogP contribution >= 0.6 is 11.6 Å². The van der Waals surface area contributed by atoms with Crippen molar-refractivity contribution >= 4 is 17.5 Å². The molecule has 0 aromatic heterocycles. The van der Waals surface area contributed by atoms with Gasteiger partial charge in [0.2, 0.25) is 5.91 Å². The van der Waals surface area contributed by atoms with Crippen molar-refractivity contribution in [2.45, 2.75) is 38.4 Å². The first-order valence-electron chi connectivity index (χ1n) is 5.83. The van der Waals surface area contributed by atoms with Crippen molar-refractivity contribution in [1.29, 1.82) is 0 Å². The Kier molecular flexibility index (Phi) is 3.40. The van der Waals surface area contributed by atoms with Crippen molar-refractivity contribution in [1.82, 2.24) is 4.90 Å². The Hall–Kier alpha value is -1.06. The highest BCUT2D eigenvalue weighted by Crippen LogP contribution is 2.34. The molecule has 0 aliphatic carbocycles. The fourth-order valence-electron chi connectivity index (χ4n) is 2.46. The Morgan fingerprint density at radius 2 is 1.94 bits per heavy atom. The summed E-state index contributed by atoms with van der Waals surface area (Å²) in [6.07, 6.45) is 0.422. The maximum atomic E-state index is 11.9. The Morgan fingerprint density at radius 1 is 1.35 bits per heavy atom. The summed E-state index contributed by atoms with van der Waals surface area (Å²) in [7, 11) is 0. The highest BCUT2D eigenvalue weighted by molar-refractivity contribution is 6.30. The molecule has 17 heavy (non-hydrogen) atoms. The molecular formula is C13H17ClN2O. The number of nitrogens with two attached hydrogens (primary N) is 1. The normalized spacial score (nSPS) is 24.8. The number of hydrogen-bond donors (Lipinski definition) is 1. The van der Waals surface area contributed by atoms with E-state index in [4.69, 9.17) is 17.3 Å². The van der Waals surface area contributed by atoms with Crippen LogP contribution in [0.15, 0.2) is 24.3 Å². The zero-order valence-electron chi connectivity index (χ0n) is 10.1. The van der Waals surface area contributed by atoms with E-state index in [1.54, 1.807) is 0 Å². The summed E-state index contributed by atoms with van der Waals surface area (Å²) in [6.45, 7) is 4.03. The van der Waals surface area contributed by atoms with E-state index in [1.807, 2.05) is 43.0 Å². The van der Waals surface area contributed by atoms with Gasteiger partial charge in [-0.25, -0.2) is 0 Å². The van der Waals surface area contributed by atoms with Gasteiger partial charge in [0.25, 0.3) is 0 Å². The number of nitrogens with zero attached hydrogens (tertiary/aromatic N) is 1. The predicted molar refractivity (Wildman–Crippen MR) is 68.8 cm³/mol. The first-order chi connectivity index (χ1) is 8.00. The molecule has 2 atom stereocenters. The number of hydrogen-bond acceptors (Lipinski definition) is 2. The smallest absolute Gasteiger partial charge is 0.225 e. The second kappa shape index (κ2) is 4.67. The summed E-state index contributed by atoms with van der Waals surface area (Å²) in [4.78, 5) is 13.8. The second-order valence-corrected chi connectivity index (χ2v) is 5.20. The van der Waals surface area contributed by atoms with Crippen molar-refractivity contribution in [3.8, 4) is 0 Å². The van der Waals surface area contributed by atoms with E-state index in [0.29, 0.717) is 11.4 Å². The third-order valence-electron chi connectivity index (χ3n) is 3.17. The van der Waals surface area contributed by atoms with Gasteiger partial charge in [0, 0.05) is 23.5 Å². The Labute approximate surface area is 107 Å². The molecule has 2 rings (SSSR count). The number of halogens is 1. The van der Waals surface area contributed by atoms with Gasteiger partial charge in [0.1, 0.15) is 0 Å². The number of carbonyl (C=O) groups is 1. The summed E-state index contributed by atoms with van der Waals surface area (Å²) < 4.78 is 0. The molecule has 1 saturated heterocycles. The molecule has 0 saturated carbocycles. The van der Waals surface area contributed by atoms with E-state index in [0.717, 1.165) is 5.56 Å². The van der Waals surface area contributed by atoms with Gasteiger partial charge in [-0.1, -0.05) is 23.7 Å². The van der Waals surface area contributed by atoms with Crippen LogP contribution in [0, 0.1) is 0 Å². The van der Waals surface area contributed by atoms with Crippen molar-refractivity contribution < 1.29 is 4.79 Å². The molecule has 1 aliphatic heterocycles. The summed E-state index contributed by atoms with van der Waals surface area (Å²) in [5.74, 6) is 0.132. The number of rotatable bonds is 2. The predicted octanol–water partition coefficient (Wildman–Crippen LogP) is 2.35. The van der Waals surface area contributed by atoms with E-state index in [1.165, 1.54) is 0 Å². The molecule has 92 valence electrons. The van der Waals surface area contributed by atoms with Crippen LogP contribution in [0.4, 0.5) is 0 Å². The SMILES string of the molecule is CC(C)N1C(=O)C[C@H](N)[C@H]1c1ccc(Cl)cc1. The lowest BCUT2D eigenvalue weighted by atomic mass is 10.0. The molecule has 1 fully saturated rings. The Balaban J connectivity index is 2.34. The van der Waals surface area contributed by atoms with Crippen LogP contribution in [0.25, 0.3) is 0 Å². The first-order valence-corrected chi connectivity index (χ1v) is 6.20. The molecular weight excluding hydrogens is 236 g/mol. The minimum Gasteiger partial charge on any atom is -0.332 e. The van der Waals surface area contributed by atoms with Gasteiger partial charge in [-0.3, -0.25) is 4.79 Å². The summed E-state index contributed by atoms with van der Waals surface area (Å²) >= 11 is 5.87. The highest BCUT2D eigenvalue weighted by Gasteiger charge is 2.39. The fraction of sp³-hybridized carbons (Fsp3) is 0.462. The average molecular weight is 253 g/mol. The van der Waals surface area contributed by atoms with Crippen molar-refractivity contribution in [3.05, 3.63) is 34.9 Å². The third-order valence-corrected chi connectivity index (χ3v) is 3.42. The van der Waals surface area contributed by atoms with E-state index >= 15 is 0 Å². The molecule has 2 N–H and O–H groups in total. The molecule has 0 radical (unpaired) electrons. The second-order valence-electron chi connectivity index (χ2n) is 4.76. The summed E-state index contributed by atoms with van der Waals surface area (Å²) in [5, 5.41) is 0.697. The van der Waals surface area contributed by atoms with Gasteiger partial charge >= 0.3 is 0 Å². The quantitative estimate of drug-likeness (QED) is 0.878. The molecule has 1 heterocycles. The number of carbonyl (C=O) groups excluding carboxylic acids is 1. The van der Waals surface area contributed by atoms with E-state index in [-0.39, 0.29) is 24.0 Å². The standard InChI is InChI=1S/C13H17ClN2O/c1-8(2)16-12(17)7-11(15)13(16)9-3-5-10(14)6-4-9/h3-6,8,11,13H,7,15H2,1-2H3/t11-,13+/m0/s1. The maximum absolute atomic E-state index is 11.9. The number of amides is 1. The van der Waals surface area contributed by atoms with Crippen LogP contribution in [0.2, 0.25) is 5.02 Å². The average Bonchev–Trinajstić information content (AvgIpc) is 2.55. The van der Waals surface area contributed by atoms with Gasteiger partial charge in [-0.05, 0) is 31.5 Å². The first kappa shape index (κ1) is 12.4. The molecule has 0 spiro atoms. The molecule has 0 bridgehead atoms. The van der Waals surface area contributed by atoms with Gasteiger partial charge in [-0.2, -0.15) is 0 Å². The number of benzene rings is 1. The van der Waals surface area contributed by atoms with Gasteiger partial charge in [0.05, 0.1) is 6.04 Å². The van der Waals surface area contributed by atoms with Crippen molar-refractivity contribution in [2.24, 2.45) is 5.73 Å². The van der Waals surface area contributed by atoms with E-state index < -0.39 is 0 Å². The molecule has 4 heteroatoms. The lowest BCUT2D eigenvalue weighted by Crippen LogP contribution is -2.37. The minimum atomic E-state index is -0.133. The highest BCUT2D eigenvalue weighted by atomic mass is 35.5. The molecule has 1 amide bonds. The van der Waals surface area contributed by atoms with Crippen LogP contribution in [0.1, 0.15) is 31.9 Å².